The number of halogens is 2. The molecule has 11 heavy (non-hydrogen) atoms. The Bertz CT molecular complexity index is 252. The largest absolute Gasteiger partial charge is 0.271 e. The highest BCUT2D eigenvalue weighted by Gasteiger charge is 2.03. The van der Waals surface area contributed by atoms with Crippen LogP contribution in [0.1, 0.15) is 5.56 Å². The van der Waals surface area contributed by atoms with Crippen molar-refractivity contribution in [3.05, 3.63) is 34.6 Å². The Labute approximate surface area is 69.1 Å². The molecular weight excluding hydrogens is 167 g/mol. The molecule has 0 heterocycles. The Morgan fingerprint density at radius 2 is 2.27 bits per heavy atom. The molecule has 0 radical (unpaired) electrons. The second-order valence-electron chi connectivity index (χ2n) is 2.09. The first kappa shape index (κ1) is 8.46. The Morgan fingerprint density at radius 1 is 1.55 bits per heavy atom. The van der Waals surface area contributed by atoms with Crippen LogP contribution in [-0.2, 0) is 6.54 Å². The third-order valence-electron chi connectivity index (χ3n) is 1.32. The van der Waals surface area contributed by atoms with Gasteiger partial charge in [-0.05, 0) is 11.6 Å². The molecule has 0 spiro atoms. The van der Waals surface area contributed by atoms with E-state index in [0.29, 0.717) is 12.1 Å². The van der Waals surface area contributed by atoms with Gasteiger partial charge in [0.2, 0.25) is 0 Å². The van der Waals surface area contributed by atoms with Crippen LogP contribution in [0.15, 0.2) is 18.2 Å². The van der Waals surface area contributed by atoms with Crippen LogP contribution in [0, 0.1) is 5.82 Å². The maximum Gasteiger partial charge on any atom is 0.142 e. The normalized spacial score (nSPS) is 10.1. The molecule has 1 rings (SSSR count). The number of hydrogen-bond acceptors (Lipinski definition) is 2. The summed E-state index contributed by atoms with van der Waals surface area (Å²) >= 11 is 5.60. The molecule has 0 fully saturated rings. The van der Waals surface area contributed by atoms with E-state index in [1.165, 1.54) is 6.07 Å². The van der Waals surface area contributed by atoms with Gasteiger partial charge in [0.1, 0.15) is 5.82 Å². The molecule has 0 aliphatic heterocycles. The fraction of sp³-hybridized carbons (Fsp3) is 0.143. The van der Waals surface area contributed by atoms with Crippen molar-refractivity contribution in [1.82, 2.24) is 5.43 Å². The number of benzene rings is 1. The second-order valence-corrected chi connectivity index (χ2v) is 2.47. The quantitative estimate of drug-likeness (QED) is 0.526. The summed E-state index contributed by atoms with van der Waals surface area (Å²) in [7, 11) is 0. The lowest BCUT2D eigenvalue weighted by Gasteiger charge is -2.02. The van der Waals surface area contributed by atoms with E-state index < -0.39 is 5.82 Å². The molecule has 1 aromatic carbocycles. The highest BCUT2D eigenvalue weighted by molar-refractivity contribution is 6.31. The molecule has 4 heteroatoms. The third-order valence-corrected chi connectivity index (χ3v) is 1.75. The average Bonchev–Trinajstić information content (AvgIpc) is 1.99. The van der Waals surface area contributed by atoms with Gasteiger partial charge in [-0.1, -0.05) is 23.7 Å². The van der Waals surface area contributed by atoms with Crippen LogP contribution in [0.3, 0.4) is 0 Å². The summed E-state index contributed by atoms with van der Waals surface area (Å²) in [5, 5.41) is 0.130. The summed E-state index contributed by atoms with van der Waals surface area (Å²) in [4.78, 5) is 0. The van der Waals surface area contributed by atoms with Crippen molar-refractivity contribution in [2.75, 3.05) is 0 Å². The number of hydrogen-bond donors (Lipinski definition) is 2. The molecule has 0 aliphatic rings. The van der Waals surface area contributed by atoms with Gasteiger partial charge in [0, 0.05) is 6.54 Å². The zero-order chi connectivity index (χ0) is 8.27. The van der Waals surface area contributed by atoms with Crippen molar-refractivity contribution in [3.8, 4) is 0 Å². The van der Waals surface area contributed by atoms with Crippen LogP contribution in [0.2, 0.25) is 5.02 Å². The smallest absolute Gasteiger partial charge is 0.142 e. The first-order chi connectivity index (χ1) is 5.25. The summed E-state index contributed by atoms with van der Waals surface area (Å²) in [5.41, 5.74) is 3.06. The van der Waals surface area contributed by atoms with Crippen molar-refractivity contribution in [2.24, 2.45) is 5.84 Å². The van der Waals surface area contributed by atoms with Crippen LogP contribution < -0.4 is 11.3 Å². The number of nitrogens with one attached hydrogen (secondary N) is 1. The van der Waals surface area contributed by atoms with Gasteiger partial charge >= 0.3 is 0 Å². The van der Waals surface area contributed by atoms with Crippen molar-refractivity contribution in [3.63, 3.8) is 0 Å². The topological polar surface area (TPSA) is 38.0 Å². The van der Waals surface area contributed by atoms with Gasteiger partial charge < -0.3 is 0 Å². The minimum Gasteiger partial charge on any atom is -0.271 e. The van der Waals surface area contributed by atoms with Gasteiger partial charge in [0.15, 0.2) is 0 Å². The van der Waals surface area contributed by atoms with Crippen molar-refractivity contribution in [1.29, 1.82) is 0 Å². The van der Waals surface area contributed by atoms with E-state index in [0.717, 1.165) is 0 Å². The molecule has 0 saturated heterocycles. The molecular formula is C7H8ClFN2. The molecule has 2 nitrogen and oxygen atoms in total. The summed E-state index contributed by atoms with van der Waals surface area (Å²) in [5.74, 6) is 4.63. The fourth-order valence-corrected chi connectivity index (χ4v) is 0.988. The molecule has 1 aromatic rings. The standard InChI is InChI=1S/C7H8ClFN2/c8-7-5(4-11-10)2-1-3-6(7)9/h1-3,11H,4,10H2. The molecule has 0 aromatic heterocycles. The van der Waals surface area contributed by atoms with Crippen molar-refractivity contribution < 1.29 is 4.39 Å². The number of hydrazine groups is 1. The van der Waals surface area contributed by atoms with Gasteiger partial charge in [-0.25, -0.2) is 4.39 Å². The average molecular weight is 175 g/mol. The van der Waals surface area contributed by atoms with Crippen LogP contribution in [0.4, 0.5) is 4.39 Å². The Balaban J connectivity index is 2.96. The molecule has 0 saturated carbocycles. The van der Waals surface area contributed by atoms with E-state index >= 15 is 0 Å². The summed E-state index contributed by atoms with van der Waals surface area (Å²) in [6.07, 6.45) is 0. The molecule has 3 N–H and O–H groups in total. The van der Waals surface area contributed by atoms with Crippen molar-refractivity contribution in [2.45, 2.75) is 6.54 Å². The van der Waals surface area contributed by atoms with E-state index in [9.17, 15) is 4.39 Å². The van der Waals surface area contributed by atoms with Gasteiger partial charge in [-0.15, -0.1) is 0 Å². The SMILES string of the molecule is NNCc1cccc(F)c1Cl. The number of nitrogens with two attached hydrogens (primary N) is 1. The van der Waals surface area contributed by atoms with Crippen LogP contribution in [-0.4, -0.2) is 0 Å². The van der Waals surface area contributed by atoms with Gasteiger partial charge in [0.25, 0.3) is 0 Å². The molecule has 60 valence electrons. The molecule has 0 unspecified atom stereocenters. The Hall–Kier alpha value is -0.640. The predicted octanol–water partition coefficient (Wildman–Crippen LogP) is 1.44. The van der Waals surface area contributed by atoms with Crippen LogP contribution in [0.5, 0.6) is 0 Å². The summed E-state index contributed by atoms with van der Waals surface area (Å²) in [6, 6.07) is 4.61. The maximum atomic E-state index is 12.7. The third kappa shape index (κ3) is 1.89. The zero-order valence-corrected chi connectivity index (χ0v) is 6.53. The van der Waals surface area contributed by atoms with E-state index in [4.69, 9.17) is 17.4 Å². The maximum absolute atomic E-state index is 12.7. The first-order valence-electron chi connectivity index (χ1n) is 3.12. The van der Waals surface area contributed by atoms with Gasteiger partial charge in [-0.3, -0.25) is 11.3 Å². The molecule has 0 bridgehead atoms. The Morgan fingerprint density at radius 3 is 2.91 bits per heavy atom. The van der Waals surface area contributed by atoms with Crippen molar-refractivity contribution >= 4 is 11.6 Å². The van der Waals surface area contributed by atoms with Crippen LogP contribution >= 0.6 is 11.6 Å². The Kier molecular flexibility index (Phi) is 2.82. The van der Waals surface area contributed by atoms with E-state index in [2.05, 4.69) is 5.43 Å². The minimum absolute atomic E-state index is 0.130. The number of rotatable bonds is 2. The van der Waals surface area contributed by atoms with Gasteiger partial charge in [-0.2, -0.15) is 0 Å². The van der Waals surface area contributed by atoms with E-state index in [-0.39, 0.29) is 5.02 Å². The lowest BCUT2D eigenvalue weighted by molar-refractivity contribution is 0.623. The molecule has 0 aliphatic carbocycles. The highest BCUT2D eigenvalue weighted by Crippen LogP contribution is 2.18. The van der Waals surface area contributed by atoms with E-state index in [1.54, 1.807) is 12.1 Å². The molecule has 0 amide bonds. The molecule has 0 atom stereocenters. The lowest BCUT2D eigenvalue weighted by atomic mass is 10.2. The monoisotopic (exact) mass is 174 g/mol. The predicted molar refractivity (Wildman–Crippen MR) is 42.4 cm³/mol. The lowest BCUT2D eigenvalue weighted by Crippen LogP contribution is -2.21. The highest BCUT2D eigenvalue weighted by atomic mass is 35.5. The first-order valence-corrected chi connectivity index (χ1v) is 3.50. The minimum atomic E-state index is -0.417. The van der Waals surface area contributed by atoms with Gasteiger partial charge in [0.05, 0.1) is 5.02 Å². The second kappa shape index (κ2) is 3.67. The zero-order valence-electron chi connectivity index (χ0n) is 5.77. The van der Waals surface area contributed by atoms with Crippen LogP contribution in [0.25, 0.3) is 0 Å². The fourth-order valence-electron chi connectivity index (χ4n) is 0.795. The van der Waals surface area contributed by atoms with E-state index in [1.807, 2.05) is 0 Å². The summed E-state index contributed by atoms with van der Waals surface area (Å²) in [6.45, 7) is 0.372. The summed E-state index contributed by atoms with van der Waals surface area (Å²) < 4.78 is 12.7.